The maximum absolute atomic E-state index is 5.25. The summed E-state index contributed by atoms with van der Waals surface area (Å²) in [5.74, 6) is 0.825. The van der Waals surface area contributed by atoms with Gasteiger partial charge in [0.2, 0.25) is 0 Å². The number of hydrogen-bond donors (Lipinski definition) is 1. The molecule has 1 N–H and O–H groups in total. The largest absolute Gasteiger partial charge is 0.463 e. The van der Waals surface area contributed by atoms with Crippen LogP contribution in [-0.4, -0.2) is 15.0 Å². The van der Waals surface area contributed by atoms with Crippen molar-refractivity contribution < 1.29 is 4.42 Å². The van der Waals surface area contributed by atoms with Gasteiger partial charge in [0.15, 0.2) is 11.2 Å². The van der Waals surface area contributed by atoms with Crippen LogP contribution in [0, 0.1) is 0 Å². The van der Waals surface area contributed by atoms with Gasteiger partial charge in [-0.2, -0.15) is 0 Å². The van der Waals surface area contributed by atoms with E-state index in [1.807, 2.05) is 12.3 Å². The van der Waals surface area contributed by atoms with Crippen LogP contribution in [0.3, 0.4) is 0 Å². The normalized spacial score (nSPS) is 12.9. The number of fused-ring (bicyclic) bond motifs is 2. The maximum Gasteiger partial charge on any atom is 0.153 e. The van der Waals surface area contributed by atoms with Crippen LogP contribution in [0.2, 0.25) is 0 Å². The Morgan fingerprint density at radius 2 is 2.46 bits per heavy atom. The molecule has 3 rings (SSSR count). The van der Waals surface area contributed by atoms with Crippen LogP contribution >= 0.6 is 0 Å². The van der Waals surface area contributed by atoms with Gasteiger partial charge in [-0.1, -0.05) is 5.21 Å². The molecule has 1 aliphatic rings. The Hall–Kier alpha value is -2.04. The average molecular weight is 174 g/mol. The van der Waals surface area contributed by atoms with E-state index in [1.54, 1.807) is 23.3 Å². The minimum Gasteiger partial charge on any atom is -0.463 e. The highest BCUT2D eigenvalue weighted by Gasteiger charge is 2.02. The zero-order valence-electron chi connectivity index (χ0n) is 6.64. The molecule has 2 aromatic rings. The monoisotopic (exact) mass is 174 g/mol. The summed E-state index contributed by atoms with van der Waals surface area (Å²) in [5, 5.41) is 11.7. The van der Waals surface area contributed by atoms with Crippen molar-refractivity contribution in [3.63, 3.8) is 0 Å². The van der Waals surface area contributed by atoms with Gasteiger partial charge in [0, 0.05) is 11.4 Å². The summed E-state index contributed by atoms with van der Waals surface area (Å²) in [5.41, 5.74) is 0.775. The fourth-order valence-corrected chi connectivity index (χ4v) is 1.26. The first kappa shape index (κ1) is 6.47. The Bertz CT molecular complexity index is 551. The van der Waals surface area contributed by atoms with Crippen molar-refractivity contribution in [3.8, 4) is 0 Å². The minimum atomic E-state index is 0.775. The molecule has 0 saturated heterocycles. The summed E-state index contributed by atoms with van der Waals surface area (Å²) in [6, 6.07) is 1.89. The summed E-state index contributed by atoms with van der Waals surface area (Å²) in [4.78, 5) is 0. The second-order valence-corrected chi connectivity index (χ2v) is 2.72. The molecule has 13 heavy (non-hydrogen) atoms. The highest BCUT2D eigenvalue weighted by atomic mass is 16.3. The topological polar surface area (TPSA) is 55.9 Å². The number of rotatable bonds is 0. The van der Waals surface area contributed by atoms with Crippen LogP contribution in [0.4, 0.5) is 5.82 Å². The molecule has 0 spiro atoms. The molecule has 5 nitrogen and oxygen atoms in total. The van der Waals surface area contributed by atoms with Gasteiger partial charge in [-0.25, -0.2) is 4.68 Å². The van der Waals surface area contributed by atoms with Crippen molar-refractivity contribution in [2.75, 3.05) is 5.32 Å². The molecule has 0 radical (unpaired) electrons. The summed E-state index contributed by atoms with van der Waals surface area (Å²) in [6.07, 6.45) is 6.94. The average Bonchev–Trinajstić information content (AvgIpc) is 2.72. The lowest BCUT2D eigenvalue weighted by Gasteiger charge is -1.95. The molecular weight excluding hydrogens is 168 g/mol. The molecule has 64 valence electrons. The zero-order valence-corrected chi connectivity index (χ0v) is 6.64. The number of aromatic nitrogens is 3. The third kappa shape index (κ3) is 0.868. The molecule has 2 aromatic heterocycles. The smallest absolute Gasteiger partial charge is 0.153 e. The van der Waals surface area contributed by atoms with Crippen molar-refractivity contribution in [1.82, 2.24) is 15.0 Å². The fraction of sp³-hybridized carbons (Fsp3) is 0. The fourth-order valence-electron chi connectivity index (χ4n) is 1.26. The van der Waals surface area contributed by atoms with Crippen LogP contribution < -0.4 is 16.0 Å². The molecule has 3 heterocycles. The Kier molecular flexibility index (Phi) is 1.11. The first-order chi connectivity index (χ1) is 6.43. The van der Waals surface area contributed by atoms with E-state index < -0.39 is 0 Å². The Morgan fingerprint density at radius 3 is 3.46 bits per heavy atom. The van der Waals surface area contributed by atoms with Gasteiger partial charge >= 0.3 is 0 Å². The SMILES string of the molecule is C1=c2ccoc2=Cn2nncc2N1. The quantitative estimate of drug-likeness (QED) is 0.575. The molecule has 0 aliphatic carbocycles. The maximum atomic E-state index is 5.25. The van der Waals surface area contributed by atoms with E-state index in [0.717, 1.165) is 16.5 Å². The lowest BCUT2D eigenvalue weighted by molar-refractivity contribution is 0.527. The third-order valence-corrected chi connectivity index (χ3v) is 1.92. The van der Waals surface area contributed by atoms with Gasteiger partial charge in [-0.15, -0.1) is 5.10 Å². The van der Waals surface area contributed by atoms with E-state index in [4.69, 9.17) is 4.42 Å². The van der Waals surface area contributed by atoms with Gasteiger partial charge in [0.25, 0.3) is 0 Å². The van der Waals surface area contributed by atoms with E-state index >= 15 is 0 Å². The number of anilines is 1. The highest BCUT2D eigenvalue weighted by molar-refractivity contribution is 5.53. The number of furan rings is 1. The molecule has 5 heteroatoms. The summed E-state index contributed by atoms with van der Waals surface area (Å²) >= 11 is 0. The Balaban J connectivity index is 2.40. The van der Waals surface area contributed by atoms with E-state index in [1.165, 1.54) is 0 Å². The van der Waals surface area contributed by atoms with Crippen LogP contribution in [0.15, 0.2) is 22.9 Å². The zero-order chi connectivity index (χ0) is 8.67. The second-order valence-electron chi connectivity index (χ2n) is 2.72. The predicted octanol–water partition coefficient (Wildman–Crippen LogP) is -0.679. The first-order valence-corrected chi connectivity index (χ1v) is 3.86. The molecule has 0 fully saturated rings. The van der Waals surface area contributed by atoms with Crippen LogP contribution in [0.1, 0.15) is 0 Å². The molecule has 1 aliphatic heterocycles. The predicted molar refractivity (Wildman–Crippen MR) is 45.9 cm³/mol. The van der Waals surface area contributed by atoms with E-state index in [-0.39, 0.29) is 0 Å². The van der Waals surface area contributed by atoms with Crippen molar-refractivity contribution in [1.29, 1.82) is 0 Å². The number of hydrogen-bond acceptors (Lipinski definition) is 4. The molecule has 0 saturated carbocycles. The van der Waals surface area contributed by atoms with Crippen LogP contribution in [0.25, 0.3) is 12.4 Å². The molecule has 0 atom stereocenters. The third-order valence-electron chi connectivity index (χ3n) is 1.92. The molecule has 0 aromatic carbocycles. The second kappa shape index (κ2) is 2.22. The lowest BCUT2D eigenvalue weighted by atomic mass is 10.4. The van der Waals surface area contributed by atoms with Crippen molar-refractivity contribution in [3.05, 3.63) is 29.2 Å². The first-order valence-electron chi connectivity index (χ1n) is 3.86. The molecule has 0 amide bonds. The van der Waals surface area contributed by atoms with Crippen LogP contribution in [0.5, 0.6) is 0 Å². The van der Waals surface area contributed by atoms with E-state index in [2.05, 4.69) is 15.6 Å². The Labute approximate surface area is 73.0 Å². The molecular formula is C8H6N4O. The summed E-state index contributed by atoms with van der Waals surface area (Å²) in [7, 11) is 0. The number of nitrogens with one attached hydrogen (secondary N) is 1. The standard InChI is InChI=1S/C8H6N4O/c1-2-13-7-5-12-8(4-10-11-12)9-3-6(1)7/h1-5,9H. The van der Waals surface area contributed by atoms with Gasteiger partial charge in [-0.3, -0.25) is 0 Å². The van der Waals surface area contributed by atoms with Crippen molar-refractivity contribution in [2.24, 2.45) is 0 Å². The molecule has 0 bridgehead atoms. The van der Waals surface area contributed by atoms with E-state index in [9.17, 15) is 0 Å². The van der Waals surface area contributed by atoms with Crippen molar-refractivity contribution in [2.45, 2.75) is 0 Å². The highest BCUT2D eigenvalue weighted by Crippen LogP contribution is 2.03. The van der Waals surface area contributed by atoms with Gasteiger partial charge in [-0.05, 0) is 6.07 Å². The van der Waals surface area contributed by atoms with Gasteiger partial charge in [0.05, 0.1) is 18.7 Å². The van der Waals surface area contributed by atoms with Gasteiger partial charge in [0.1, 0.15) is 0 Å². The summed E-state index contributed by atoms with van der Waals surface area (Å²) < 4.78 is 6.88. The number of nitrogens with zero attached hydrogens (tertiary/aromatic N) is 3. The summed E-state index contributed by atoms with van der Waals surface area (Å²) in [6.45, 7) is 0. The Morgan fingerprint density at radius 1 is 1.46 bits per heavy atom. The van der Waals surface area contributed by atoms with Crippen molar-refractivity contribution >= 4 is 18.2 Å². The minimum absolute atomic E-state index is 0.775. The van der Waals surface area contributed by atoms with E-state index in [0.29, 0.717) is 0 Å². The van der Waals surface area contributed by atoms with Gasteiger partial charge < -0.3 is 9.73 Å². The molecule has 0 unspecified atom stereocenters. The van der Waals surface area contributed by atoms with Crippen LogP contribution in [-0.2, 0) is 0 Å². The lowest BCUT2D eigenvalue weighted by Crippen LogP contribution is -2.19.